The molecule has 2 aromatic carbocycles. The number of alkyl halides is 3. The Labute approximate surface area is 223 Å². The summed E-state index contributed by atoms with van der Waals surface area (Å²) in [6, 6.07) is 15.1. The Hall–Kier alpha value is -2.87. The minimum atomic E-state index is -4.38. The number of halogens is 3. The van der Waals surface area contributed by atoms with Crippen molar-refractivity contribution in [1.29, 1.82) is 0 Å². The summed E-state index contributed by atoms with van der Waals surface area (Å²) in [5, 5.41) is 0. The third-order valence-electron chi connectivity index (χ3n) is 8.10. The smallest absolute Gasteiger partial charge is 0.343 e. The van der Waals surface area contributed by atoms with E-state index in [0.717, 1.165) is 36.1 Å². The predicted molar refractivity (Wildman–Crippen MR) is 141 cm³/mol. The number of piperidine rings is 1. The van der Waals surface area contributed by atoms with E-state index in [0.29, 0.717) is 39.1 Å². The normalized spacial score (nSPS) is 20.6. The van der Waals surface area contributed by atoms with Gasteiger partial charge in [0, 0.05) is 52.1 Å². The maximum Gasteiger partial charge on any atom is 0.416 e. The highest BCUT2D eigenvalue weighted by Gasteiger charge is 2.37. The zero-order valence-corrected chi connectivity index (χ0v) is 22.5. The van der Waals surface area contributed by atoms with Crippen molar-refractivity contribution in [3.8, 4) is 0 Å². The zero-order valence-electron chi connectivity index (χ0n) is 22.5. The number of nitrogens with zero attached hydrogens (tertiary/aromatic N) is 3. The van der Waals surface area contributed by atoms with Crippen LogP contribution >= 0.6 is 0 Å². The third kappa shape index (κ3) is 6.57. The van der Waals surface area contributed by atoms with Gasteiger partial charge in [0.15, 0.2) is 0 Å². The van der Waals surface area contributed by atoms with Gasteiger partial charge in [-0.1, -0.05) is 56.3 Å². The van der Waals surface area contributed by atoms with Crippen LogP contribution in [0.15, 0.2) is 54.6 Å². The van der Waals surface area contributed by atoms with Gasteiger partial charge in [-0.3, -0.25) is 14.5 Å². The van der Waals surface area contributed by atoms with Crippen LogP contribution in [0.25, 0.3) is 0 Å². The molecular weight excluding hydrogens is 491 g/mol. The summed E-state index contributed by atoms with van der Waals surface area (Å²) in [5.74, 6) is 0.765. The van der Waals surface area contributed by atoms with E-state index in [-0.39, 0.29) is 35.7 Å². The molecule has 2 aliphatic rings. The molecule has 0 radical (unpaired) electrons. The summed E-state index contributed by atoms with van der Waals surface area (Å²) >= 11 is 0. The maximum absolute atomic E-state index is 13.5. The minimum absolute atomic E-state index is 0.00854. The predicted octanol–water partition coefficient (Wildman–Crippen LogP) is 5.61. The van der Waals surface area contributed by atoms with Crippen molar-refractivity contribution < 1.29 is 22.8 Å². The van der Waals surface area contributed by atoms with Crippen LogP contribution < -0.4 is 0 Å². The monoisotopic (exact) mass is 529 g/mol. The van der Waals surface area contributed by atoms with Crippen LogP contribution in [0.2, 0.25) is 0 Å². The van der Waals surface area contributed by atoms with Crippen LogP contribution in [0, 0.1) is 11.8 Å². The molecule has 5 nitrogen and oxygen atoms in total. The van der Waals surface area contributed by atoms with Gasteiger partial charge in [-0.05, 0) is 47.9 Å². The summed E-state index contributed by atoms with van der Waals surface area (Å²) in [6.07, 6.45) is -2.18. The number of likely N-dealkylation sites (tertiary alicyclic amines) is 1. The van der Waals surface area contributed by atoms with Crippen molar-refractivity contribution in [2.24, 2.45) is 11.8 Å². The molecule has 0 saturated carbocycles. The molecule has 2 atom stereocenters. The SMILES string of the molecule is CC(=O)N1CCC(CC(=O)N2CCN(C(c3ccccc3)c3ccc(C(F)(F)F)cc3)C[C@@H]2C(C)C)CC1. The largest absolute Gasteiger partial charge is 0.416 e. The summed E-state index contributed by atoms with van der Waals surface area (Å²) < 4.78 is 39.6. The maximum atomic E-state index is 13.5. The molecule has 0 bridgehead atoms. The van der Waals surface area contributed by atoms with E-state index in [1.54, 1.807) is 19.1 Å². The van der Waals surface area contributed by atoms with E-state index >= 15 is 0 Å². The topological polar surface area (TPSA) is 43.9 Å². The molecule has 0 aromatic heterocycles. The van der Waals surface area contributed by atoms with Crippen molar-refractivity contribution in [2.75, 3.05) is 32.7 Å². The Morgan fingerprint density at radius 2 is 1.50 bits per heavy atom. The van der Waals surface area contributed by atoms with Crippen molar-refractivity contribution in [3.05, 3.63) is 71.3 Å². The number of hydrogen-bond acceptors (Lipinski definition) is 3. The number of piperazine rings is 1. The number of carbonyl (C=O) groups is 2. The third-order valence-corrected chi connectivity index (χ3v) is 8.10. The van der Waals surface area contributed by atoms with Crippen LogP contribution in [0.3, 0.4) is 0 Å². The highest BCUT2D eigenvalue weighted by Crippen LogP contribution is 2.35. The Kier molecular flexibility index (Phi) is 8.81. The van der Waals surface area contributed by atoms with Gasteiger partial charge in [0.05, 0.1) is 11.6 Å². The molecule has 8 heteroatoms. The van der Waals surface area contributed by atoms with Gasteiger partial charge in [0.25, 0.3) is 0 Å². The fourth-order valence-electron chi connectivity index (χ4n) is 5.87. The molecule has 206 valence electrons. The average molecular weight is 530 g/mol. The van der Waals surface area contributed by atoms with E-state index in [4.69, 9.17) is 0 Å². The number of hydrogen-bond donors (Lipinski definition) is 0. The van der Waals surface area contributed by atoms with E-state index in [9.17, 15) is 22.8 Å². The second-order valence-electron chi connectivity index (χ2n) is 11.0. The van der Waals surface area contributed by atoms with Gasteiger partial charge in [-0.25, -0.2) is 0 Å². The Balaban J connectivity index is 1.51. The quantitative estimate of drug-likeness (QED) is 0.489. The second kappa shape index (κ2) is 11.9. The average Bonchev–Trinajstić information content (AvgIpc) is 2.89. The molecular formula is C30H38F3N3O2. The van der Waals surface area contributed by atoms with Crippen molar-refractivity contribution in [2.45, 2.75) is 58.3 Å². The number of amides is 2. The van der Waals surface area contributed by atoms with E-state index in [2.05, 4.69) is 18.7 Å². The Bertz CT molecular complexity index is 1080. The molecule has 2 aromatic rings. The lowest BCUT2D eigenvalue weighted by atomic mass is 9.90. The Morgan fingerprint density at radius 3 is 2.05 bits per heavy atom. The van der Waals surface area contributed by atoms with Crippen LogP contribution in [-0.2, 0) is 15.8 Å². The summed E-state index contributed by atoms with van der Waals surface area (Å²) in [4.78, 5) is 31.3. The molecule has 0 aliphatic carbocycles. The molecule has 4 rings (SSSR count). The fraction of sp³-hybridized carbons (Fsp3) is 0.533. The molecule has 2 fully saturated rings. The first-order valence-corrected chi connectivity index (χ1v) is 13.6. The van der Waals surface area contributed by atoms with Crippen molar-refractivity contribution >= 4 is 11.8 Å². The van der Waals surface area contributed by atoms with Gasteiger partial charge in [0.1, 0.15) is 0 Å². The van der Waals surface area contributed by atoms with Gasteiger partial charge >= 0.3 is 6.18 Å². The van der Waals surface area contributed by atoms with E-state index < -0.39 is 11.7 Å². The first kappa shape index (κ1) is 28.1. The molecule has 2 saturated heterocycles. The van der Waals surface area contributed by atoms with Crippen molar-refractivity contribution in [3.63, 3.8) is 0 Å². The number of carbonyl (C=O) groups excluding carboxylic acids is 2. The molecule has 1 unspecified atom stereocenters. The molecule has 2 heterocycles. The second-order valence-corrected chi connectivity index (χ2v) is 11.0. The highest BCUT2D eigenvalue weighted by molar-refractivity contribution is 5.77. The Morgan fingerprint density at radius 1 is 0.895 bits per heavy atom. The summed E-state index contributed by atoms with van der Waals surface area (Å²) in [6.45, 7) is 9.11. The first-order chi connectivity index (χ1) is 18.0. The molecule has 2 amide bonds. The molecule has 38 heavy (non-hydrogen) atoms. The molecule has 0 N–H and O–H groups in total. The van der Waals surface area contributed by atoms with Crippen LogP contribution in [0.4, 0.5) is 13.2 Å². The fourth-order valence-corrected chi connectivity index (χ4v) is 5.87. The lowest BCUT2D eigenvalue weighted by Crippen LogP contribution is -2.58. The minimum Gasteiger partial charge on any atom is -0.343 e. The van der Waals surface area contributed by atoms with Crippen LogP contribution in [0.5, 0.6) is 0 Å². The van der Waals surface area contributed by atoms with Crippen LogP contribution in [-0.4, -0.2) is 65.3 Å². The summed E-state index contributed by atoms with van der Waals surface area (Å²) in [5.41, 5.74) is 1.17. The van der Waals surface area contributed by atoms with Gasteiger partial charge in [-0.15, -0.1) is 0 Å². The van der Waals surface area contributed by atoms with Crippen LogP contribution in [0.1, 0.15) is 62.8 Å². The van der Waals surface area contributed by atoms with E-state index in [1.807, 2.05) is 40.1 Å². The molecule has 2 aliphatic heterocycles. The standard InChI is InChI=1S/C30H38F3N3O2/c1-21(2)27-20-35(17-18-36(27)28(38)19-23-13-15-34(16-14-23)22(3)37)29(24-7-5-4-6-8-24)25-9-11-26(12-10-25)30(31,32)33/h4-12,21,23,27,29H,13-20H2,1-3H3/t27-,29?/m1/s1. The van der Waals surface area contributed by atoms with Crippen molar-refractivity contribution in [1.82, 2.24) is 14.7 Å². The van der Waals surface area contributed by atoms with Gasteiger partial charge in [-0.2, -0.15) is 13.2 Å². The number of rotatable bonds is 6. The molecule has 0 spiro atoms. The van der Waals surface area contributed by atoms with Gasteiger partial charge < -0.3 is 9.80 Å². The summed E-state index contributed by atoms with van der Waals surface area (Å²) in [7, 11) is 0. The number of benzene rings is 2. The lowest BCUT2D eigenvalue weighted by Gasteiger charge is -2.47. The van der Waals surface area contributed by atoms with Gasteiger partial charge in [0.2, 0.25) is 11.8 Å². The lowest BCUT2D eigenvalue weighted by molar-refractivity contribution is -0.139. The highest BCUT2D eigenvalue weighted by atomic mass is 19.4. The zero-order chi connectivity index (χ0) is 27.4. The van der Waals surface area contributed by atoms with E-state index in [1.165, 1.54) is 0 Å². The first-order valence-electron chi connectivity index (χ1n) is 13.6.